The first-order valence-corrected chi connectivity index (χ1v) is 10.3. The number of hydrogen-bond acceptors (Lipinski definition) is 4. The van der Waals surface area contributed by atoms with Crippen molar-refractivity contribution in [2.24, 2.45) is 10.8 Å². The topological polar surface area (TPSA) is 109 Å². The monoisotopic (exact) mass is 416 g/mol. The van der Waals surface area contributed by atoms with Gasteiger partial charge in [0.25, 0.3) is 0 Å². The van der Waals surface area contributed by atoms with Gasteiger partial charge in [0.1, 0.15) is 11.5 Å². The second-order valence-electron chi connectivity index (χ2n) is 9.28. The molecule has 1 saturated carbocycles. The first-order valence-electron chi connectivity index (χ1n) is 10.3. The predicted octanol–water partition coefficient (Wildman–Crippen LogP) is 3.76. The zero-order chi connectivity index (χ0) is 21.6. The molecule has 0 aliphatic heterocycles. The summed E-state index contributed by atoms with van der Waals surface area (Å²) in [5, 5.41) is 11.7. The summed E-state index contributed by atoms with van der Waals surface area (Å²) in [5.41, 5.74) is -0.0684. The summed E-state index contributed by atoms with van der Waals surface area (Å²) in [6.07, 6.45) is 5.81. The minimum atomic E-state index is -0.225. The van der Waals surface area contributed by atoms with Crippen LogP contribution in [0.1, 0.15) is 51.6 Å². The second kappa shape index (κ2) is 9.28. The van der Waals surface area contributed by atoms with Crippen LogP contribution in [0.25, 0.3) is 0 Å². The molecule has 1 fully saturated rings. The SMILES string of the molecule is CC1(C)C[C@@H](NC(=O)NCc2ccco2)C[C@@](C)(CNC(=O)NCc2ccco2)C1. The van der Waals surface area contributed by atoms with Gasteiger partial charge in [-0.1, -0.05) is 20.8 Å². The fourth-order valence-corrected chi connectivity index (χ4v) is 4.62. The summed E-state index contributed by atoms with van der Waals surface area (Å²) in [4.78, 5) is 24.5. The highest BCUT2D eigenvalue weighted by Gasteiger charge is 2.41. The Hall–Kier alpha value is -2.90. The molecular weight excluding hydrogens is 384 g/mol. The zero-order valence-electron chi connectivity index (χ0n) is 17.9. The lowest BCUT2D eigenvalue weighted by Crippen LogP contribution is -2.52. The van der Waals surface area contributed by atoms with Crippen molar-refractivity contribution >= 4 is 12.1 Å². The molecule has 30 heavy (non-hydrogen) atoms. The maximum Gasteiger partial charge on any atom is 0.315 e. The number of carbonyl (C=O) groups is 2. The summed E-state index contributed by atoms with van der Waals surface area (Å²) in [6.45, 7) is 7.81. The smallest absolute Gasteiger partial charge is 0.315 e. The van der Waals surface area contributed by atoms with Crippen LogP contribution in [0, 0.1) is 10.8 Å². The first kappa shape index (κ1) is 21.8. The largest absolute Gasteiger partial charge is 0.467 e. The molecule has 4 N–H and O–H groups in total. The lowest BCUT2D eigenvalue weighted by atomic mass is 9.62. The van der Waals surface area contributed by atoms with Crippen LogP contribution >= 0.6 is 0 Å². The molecule has 0 aromatic carbocycles. The molecule has 2 atom stereocenters. The van der Waals surface area contributed by atoms with Crippen LogP contribution in [0.15, 0.2) is 45.6 Å². The minimum absolute atomic E-state index is 0.0309. The van der Waals surface area contributed by atoms with Crippen molar-refractivity contribution in [1.29, 1.82) is 0 Å². The quantitative estimate of drug-likeness (QED) is 0.551. The first-order chi connectivity index (χ1) is 14.2. The van der Waals surface area contributed by atoms with Gasteiger partial charge >= 0.3 is 12.1 Å². The van der Waals surface area contributed by atoms with Crippen LogP contribution in [-0.4, -0.2) is 24.6 Å². The highest BCUT2D eigenvalue weighted by atomic mass is 16.3. The average molecular weight is 417 g/mol. The van der Waals surface area contributed by atoms with E-state index in [-0.39, 0.29) is 28.9 Å². The molecule has 8 heteroatoms. The average Bonchev–Trinajstić information content (AvgIpc) is 3.35. The number of carbonyl (C=O) groups excluding carboxylic acids is 2. The van der Waals surface area contributed by atoms with Crippen molar-refractivity contribution < 1.29 is 18.4 Å². The van der Waals surface area contributed by atoms with Crippen LogP contribution in [0.2, 0.25) is 0 Å². The van der Waals surface area contributed by atoms with Crippen LogP contribution in [0.4, 0.5) is 9.59 Å². The van der Waals surface area contributed by atoms with E-state index < -0.39 is 0 Å². The molecule has 1 aliphatic carbocycles. The molecule has 0 bridgehead atoms. The van der Waals surface area contributed by atoms with Crippen LogP contribution in [0.3, 0.4) is 0 Å². The van der Waals surface area contributed by atoms with Crippen molar-refractivity contribution in [1.82, 2.24) is 21.3 Å². The maximum atomic E-state index is 12.3. The molecule has 0 radical (unpaired) electrons. The number of rotatable bonds is 7. The normalized spacial score (nSPS) is 22.8. The molecule has 3 rings (SSSR count). The van der Waals surface area contributed by atoms with Gasteiger partial charge in [-0.05, 0) is 54.4 Å². The predicted molar refractivity (Wildman–Crippen MR) is 113 cm³/mol. The number of nitrogens with one attached hydrogen (secondary N) is 4. The molecule has 1 aliphatic rings. The third kappa shape index (κ3) is 6.57. The van der Waals surface area contributed by atoms with Crippen molar-refractivity contribution in [3.8, 4) is 0 Å². The molecule has 164 valence electrons. The molecule has 2 aromatic rings. The summed E-state index contributed by atoms with van der Waals surface area (Å²) >= 11 is 0. The van der Waals surface area contributed by atoms with E-state index in [1.54, 1.807) is 24.7 Å². The standard InChI is InChI=1S/C22H32N4O4/c1-21(2)10-16(26-20(28)24-13-18-7-5-9-30-18)11-22(3,14-21)15-25-19(27)23-12-17-6-4-8-29-17/h4-9,16H,10-15H2,1-3H3,(H2,23,25,27)(H2,24,26,28)/t16-,22-/m1/s1. The Morgan fingerprint density at radius 3 is 2.10 bits per heavy atom. The van der Waals surface area contributed by atoms with Gasteiger partial charge in [0.05, 0.1) is 25.6 Å². The van der Waals surface area contributed by atoms with E-state index in [1.165, 1.54) is 0 Å². The van der Waals surface area contributed by atoms with Gasteiger partial charge in [-0.3, -0.25) is 0 Å². The van der Waals surface area contributed by atoms with E-state index in [4.69, 9.17) is 8.83 Å². The van der Waals surface area contributed by atoms with Gasteiger partial charge in [-0.15, -0.1) is 0 Å². The number of furan rings is 2. The van der Waals surface area contributed by atoms with E-state index in [0.29, 0.717) is 31.2 Å². The number of urea groups is 2. The Balaban J connectivity index is 1.48. The Morgan fingerprint density at radius 2 is 1.53 bits per heavy atom. The van der Waals surface area contributed by atoms with Crippen molar-refractivity contribution in [2.75, 3.05) is 6.54 Å². The van der Waals surface area contributed by atoms with Gasteiger partial charge in [-0.2, -0.15) is 0 Å². The lowest BCUT2D eigenvalue weighted by molar-refractivity contribution is 0.0748. The van der Waals surface area contributed by atoms with E-state index in [9.17, 15) is 9.59 Å². The highest BCUT2D eigenvalue weighted by Crippen LogP contribution is 2.45. The van der Waals surface area contributed by atoms with E-state index in [1.807, 2.05) is 12.1 Å². The summed E-state index contributed by atoms with van der Waals surface area (Å²) in [6, 6.07) is 6.82. The zero-order valence-corrected chi connectivity index (χ0v) is 17.9. The highest BCUT2D eigenvalue weighted by molar-refractivity contribution is 5.74. The second-order valence-corrected chi connectivity index (χ2v) is 9.28. The molecule has 2 aromatic heterocycles. The third-order valence-electron chi connectivity index (χ3n) is 5.46. The molecule has 4 amide bonds. The van der Waals surface area contributed by atoms with Crippen molar-refractivity contribution in [3.05, 3.63) is 48.3 Å². The van der Waals surface area contributed by atoms with Gasteiger partial charge in [0.15, 0.2) is 0 Å². The number of hydrogen-bond donors (Lipinski definition) is 4. The van der Waals surface area contributed by atoms with Crippen molar-refractivity contribution in [2.45, 2.75) is 59.2 Å². The molecule has 0 unspecified atom stereocenters. The molecular formula is C22H32N4O4. The fourth-order valence-electron chi connectivity index (χ4n) is 4.62. The van der Waals surface area contributed by atoms with Gasteiger partial charge in [0.2, 0.25) is 0 Å². The Kier molecular flexibility index (Phi) is 6.74. The Labute approximate surface area is 177 Å². The number of amides is 4. The summed E-state index contributed by atoms with van der Waals surface area (Å²) in [5.74, 6) is 1.42. The molecule has 0 spiro atoms. The van der Waals surface area contributed by atoms with Gasteiger partial charge in [0, 0.05) is 12.6 Å². The molecule has 2 heterocycles. The Bertz CT molecular complexity index is 816. The van der Waals surface area contributed by atoms with Crippen LogP contribution in [0.5, 0.6) is 0 Å². The Morgan fingerprint density at radius 1 is 0.933 bits per heavy atom. The van der Waals surface area contributed by atoms with Gasteiger partial charge < -0.3 is 30.1 Å². The van der Waals surface area contributed by atoms with Crippen molar-refractivity contribution in [3.63, 3.8) is 0 Å². The van der Waals surface area contributed by atoms with E-state index in [2.05, 4.69) is 42.0 Å². The molecule has 0 saturated heterocycles. The molecule has 8 nitrogen and oxygen atoms in total. The summed E-state index contributed by atoms with van der Waals surface area (Å²) < 4.78 is 10.5. The summed E-state index contributed by atoms with van der Waals surface area (Å²) in [7, 11) is 0. The minimum Gasteiger partial charge on any atom is -0.467 e. The van der Waals surface area contributed by atoms with E-state index in [0.717, 1.165) is 19.3 Å². The third-order valence-corrected chi connectivity index (χ3v) is 5.46. The van der Waals surface area contributed by atoms with Crippen LogP contribution in [-0.2, 0) is 13.1 Å². The van der Waals surface area contributed by atoms with Crippen LogP contribution < -0.4 is 21.3 Å². The fraction of sp³-hybridized carbons (Fsp3) is 0.545. The van der Waals surface area contributed by atoms with Gasteiger partial charge in [-0.25, -0.2) is 9.59 Å². The lowest BCUT2D eigenvalue weighted by Gasteiger charge is -2.46. The maximum absolute atomic E-state index is 12.3. The van der Waals surface area contributed by atoms with E-state index >= 15 is 0 Å².